The van der Waals surface area contributed by atoms with Crippen molar-refractivity contribution in [3.63, 3.8) is 0 Å². The Morgan fingerprint density at radius 2 is 2.00 bits per heavy atom. The standard InChI is InChI=1S/C14H22N2O3/c1-4-16(5-2)9-10-19-14(17)11-7-6-8-12(15)13(11)18-3/h6-8H,4-5,9-10,15H2,1-3H3. The Morgan fingerprint density at radius 1 is 1.32 bits per heavy atom. The van der Waals surface area contributed by atoms with Gasteiger partial charge in [-0.1, -0.05) is 19.9 Å². The fraction of sp³-hybridized carbons (Fsp3) is 0.500. The molecule has 5 heteroatoms. The van der Waals surface area contributed by atoms with Crippen LogP contribution >= 0.6 is 0 Å². The van der Waals surface area contributed by atoms with Crippen LogP contribution in [0, 0.1) is 0 Å². The lowest BCUT2D eigenvalue weighted by atomic mass is 10.2. The molecule has 1 aromatic carbocycles. The monoisotopic (exact) mass is 266 g/mol. The SMILES string of the molecule is CCN(CC)CCOC(=O)c1cccc(N)c1OC. The number of ether oxygens (including phenoxy) is 2. The fourth-order valence-electron chi connectivity index (χ4n) is 1.83. The van der Waals surface area contributed by atoms with E-state index in [4.69, 9.17) is 15.2 Å². The average molecular weight is 266 g/mol. The number of para-hydroxylation sites is 1. The normalized spacial score (nSPS) is 10.5. The van der Waals surface area contributed by atoms with Crippen molar-refractivity contribution in [2.24, 2.45) is 0 Å². The summed E-state index contributed by atoms with van der Waals surface area (Å²) in [7, 11) is 1.48. The van der Waals surface area contributed by atoms with Crippen LogP contribution in [0.2, 0.25) is 0 Å². The van der Waals surface area contributed by atoms with Crippen LogP contribution in [0.1, 0.15) is 24.2 Å². The number of benzene rings is 1. The number of rotatable bonds is 7. The van der Waals surface area contributed by atoms with E-state index < -0.39 is 5.97 Å². The molecule has 2 N–H and O–H groups in total. The molecule has 0 heterocycles. The van der Waals surface area contributed by atoms with E-state index in [1.165, 1.54) is 7.11 Å². The molecule has 0 saturated carbocycles. The van der Waals surface area contributed by atoms with Gasteiger partial charge in [-0.2, -0.15) is 0 Å². The summed E-state index contributed by atoms with van der Waals surface area (Å²) in [5.41, 5.74) is 6.54. The summed E-state index contributed by atoms with van der Waals surface area (Å²) in [4.78, 5) is 14.1. The van der Waals surface area contributed by atoms with E-state index in [-0.39, 0.29) is 0 Å². The highest BCUT2D eigenvalue weighted by molar-refractivity contribution is 5.94. The minimum Gasteiger partial charge on any atom is -0.494 e. The van der Waals surface area contributed by atoms with Gasteiger partial charge in [-0.15, -0.1) is 0 Å². The lowest BCUT2D eigenvalue weighted by Crippen LogP contribution is -2.28. The van der Waals surface area contributed by atoms with E-state index in [0.717, 1.165) is 19.6 Å². The number of anilines is 1. The summed E-state index contributed by atoms with van der Waals surface area (Å²) in [6, 6.07) is 5.04. The van der Waals surface area contributed by atoms with Crippen LogP contribution in [0.4, 0.5) is 5.69 Å². The number of methoxy groups -OCH3 is 1. The summed E-state index contributed by atoms with van der Waals surface area (Å²) in [6.45, 7) is 7.12. The van der Waals surface area contributed by atoms with Crippen molar-refractivity contribution in [2.45, 2.75) is 13.8 Å². The number of hydrogen-bond donors (Lipinski definition) is 1. The van der Waals surface area contributed by atoms with E-state index in [2.05, 4.69) is 18.7 Å². The van der Waals surface area contributed by atoms with Gasteiger partial charge < -0.3 is 20.1 Å². The second kappa shape index (κ2) is 7.63. The molecule has 0 saturated heterocycles. The predicted octanol–water partition coefficient (Wildman–Crippen LogP) is 1.78. The quantitative estimate of drug-likeness (QED) is 0.602. The van der Waals surface area contributed by atoms with Crippen LogP contribution in [0.15, 0.2) is 18.2 Å². The second-order valence-electron chi connectivity index (χ2n) is 4.09. The first-order valence-corrected chi connectivity index (χ1v) is 6.45. The first-order valence-electron chi connectivity index (χ1n) is 6.45. The number of carbonyl (C=O) groups excluding carboxylic acids is 1. The topological polar surface area (TPSA) is 64.8 Å². The molecule has 0 unspecified atom stereocenters. The molecule has 0 bridgehead atoms. The largest absolute Gasteiger partial charge is 0.494 e. The number of nitrogens with two attached hydrogens (primary N) is 1. The van der Waals surface area contributed by atoms with Crippen LogP contribution in [0.25, 0.3) is 0 Å². The Bertz CT molecular complexity index is 417. The molecule has 19 heavy (non-hydrogen) atoms. The average Bonchev–Trinajstić information content (AvgIpc) is 2.43. The zero-order valence-electron chi connectivity index (χ0n) is 11.8. The predicted molar refractivity (Wildman–Crippen MR) is 75.5 cm³/mol. The first kappa shape index (κ1) is 15.3. The lowest BCUT2D eigenvalue weighted by molar-refractivity contribution is 0.0463. The summed E-state index contributed by atoms with van der Waals surface area (Å²) in [5.74, 6) is -0.0355. The van der Waals surface area contributed by atoms with Crippen LogP contribution in [0.3, 0.4) is 0 Å². The minimum absolute atomic E-state index is 0.360. The van der Waals surface area contributed by atoms with Gasteiger partial charge in [0.1, 0.15) is 12.2 Å². The summed E-state index contributed by atoms with van der Waals surface area (Å²) in [6.07, 6.45) is 0. The maximum Gasteiger partial charge on any atom is 0.342 e. The first-order chi connectivity index (χ1) is 9.13. The molecule has 5 nitrogen and oxygen atoms in total. The van der Waals surface area contributed by atoms with Gasteiger partial charge in [0.25, 0.3) is 0 Å². The van der Waals surface area contributed by atoms with Crippen LogP contribution in [0.5, 0.6) is 5.75 Å². The molecule has 0 aliphatic rings. The Hall–Kier alpha value is -1.75. The van der Waals surface area contributed by atoms with Crippen molar-refractivity contribution in [2.75, 3.05) is 39.1 Å². The minimum atomic E-state index is -0.406. The zero-order valence-corrected chi connectivity index (χ0v) is 11.8. The van der Waals surface area contributed by atoms with Crippen molar-refractivity contribution in [1.82, 2.24) is 4.90 Å². The number of carbonyl (C=O) groups is 1. The van der Waals surface area contributed by atoms with Crippen LogP contribution < -0.4 is 10.5 Å². The summed E-state index contributed by atoms with van der Waals surface area (Å²) < 4.78 is 10.4. The van der Waals surface area contributed by atoms with E-state index in [9.17, 15) is 4.79 Å². The van der Waals surface area contributed by atoms with Crippen molar-refractivity contribution in [1.29, 1.82) is 0 Å². The molecule has 0 fully saturated rings. The van der Waals surface area contributed by atoms with E-state index >= 15 is 0 Å². The summed E-state index contributed by atoms with van der Waals surface area (Å²) >= 11 is 0. The molecule has 1 aromatic rings. The third kappa shape index (κ3) is 4.13. The number of nitrogens with zero attached hydrogens (tertiary/aromatic N) is 1. The van der Waals surface area contributed by atoms with Crippen molar-refractivity contribution < 1.29 is 14.3 Å². The molecule has 0 spiro atoms. The maximum atomic E-state index is 12.0. The Labute approximate surface area is 114 Å². The van der Waals surface area contributed by atoms with Crippen molar-refractivity contribution in [3.8, 4) is 5.75 Å². The maximum absolute atomic E-state index is 12.0. The van der Waals surface area contributed by atoms with Crippen molar-refractivity contribution in [3.05, 3.63) is 23.8 Å². The number of hydrogen-bond acceptors (Lipinski definition) is 5. The molecule has 0 aromatic heterocycles. The van der Waals surface area contributed by atoms with Crippen molar-refractivity contribution >= 4 is 11.7 Å². The molecule has 0 aliphatic carbocycles. The van der Waals surface area contributed by atoms with Gasteiger partial charge in [0.15, 0.2) is 5.75 Å². The fourth-order valence-corrected chi connectivity index (χ4v) is 1.83. The van der Waals surface area contributed by atoms with E-state index in [1.807, 2.05) is 0 Å². The van der Waals surface area contributed by atoms with Crippen LogP contribution in [-0.4, -0.2) is 44.2 Å². The Kier molecular flexibility index (Phi) is 6.15. The zero-order chi connectivity index (χ0) is 14.3. The van der Waals surface area contributed by atoms with E-state index in [0.29, 0.717) is 23.6 Å². The van der Waals surface area contributed by atoms with Gasteiger partial charge in [-0.3, -0.25) is 0 Å². The third-order valence-electron chi connectivity index (χ3n) is 3.00. The van der Waals surface area contributed by atoms with Gasteiger partial charge in [0, 0.05) is 6.54 Å². The highest BCUT2D eigenvalue weighted by Gasteiger charge is 2.15. The highest BCUT2D eigenvalue weighted by Crippen LogP contribution is 2.26. The highest BCUT2D eigenvalue weighted by atomic mass is 16.5. The Balaban J connectivity index is 2.61. The molecule has 1 rings (SSSR count). The van der Waals surface area contributed by atoms with Crippen LogP contribution in [-0.2, 0) is 4.74 Å². The Morgan fingerprint density at radius 3 is 2.58 bits per heavy atom. The molecule has 0 aliphatic heterocycles. The van der Waals surface area contributed by atoms with Gasteiger partial charge in [0.2, 0.25) is 0 Å². The number of esters is 1. The second-order valence-corrected chi connectivity index (χ2v) is 4.09. The molecular formula is C14H22N2O3. The smallest absolute Gasteiger partial charge is 0.342 e. The molecule has 0 radical (unpaired) electrons. The summed E-state index contributed by atoms with van der Waals surface area (Å²) in [5, 5.41) is 0. The molecule has 0 amide bonds. The van der Waals surface area contributed by atoms with E-state index in [1.54, 1.807) is 18.2 Å². The molecule has 106 valence electrons. The third-order valence-corrected chi connectivity index (χ3v) is 3.00. The van der Waals surface area contributed by atoms with Gasteiger partial charge in [-0.25, -0.2) is 4.79 Å². The number of likely N-dealkylation sites (N-methyl/N-ethyl adjacent to an activating group) is 1. The van der Waals surface area contributed by atoms with Gasteiger partial charge in [0.05, 0.1) is 12.8 Å². The number of nitrogen functional groups attached to an aromatic ring is 1. The van der Waals surface area contributed by atoms with Gasteiger partial charge >= 0.3 is 5.97 Å². The van der Waals surface area contributed by atoms with Gasteiger partial charge in [-0.05, 0) is 25.2 Å². The molecule has 0 atom stereocenters. The molecular weight excluding hydrogens is 244 g/mol. The lowest BCUT2D eigenvalue weighted by Gasteiger charge is -2.17.